The van der Waals surface area contributed by atoms with Crippen LogP contribution in [-0.2, 0) is 0 Å². The second kappa shape index (κ2) is 6.84. The molecular weight excluding hydrogens is 274 g/mol. The summed E-state index contributed by atoms with van der Waals surface area (Å²) < 4.78 is 0. The summed E-state index contributed by atoms with van der Waals surface area (Å²) in [5, 5.41) is 12.6. The van der Waals surface area contributed by atoms with Crippen molar-refractivity contribution < 1.29 is 5.21 Å². The van der Waals surface area contributed by atoms with E-state index in [0.717, 1.165) is 12.2 Å². The zero-order valence-electron chi connectivity index (χ0n) is 11.8. The first kappa shape index (κ1) is 15.0. The van der Waals surface area contributed by atoms with Crippen molar-refractivity contribution in [2.75, 3.05) is 11.4 Å². The number of anilines is 1. The Hall–Kier alpha value is -1.42. The van der Waals surface area contributed by atoms with Crippen LogP contribution in [0.4, 0.5) is 5.69 Å². The molecule has 2 rings (SSSR count). The normalized spacial score (nSPS) is 17.2. The third-order valence-corrected chi connectivity index (χ3v) is 4.34. The van der Waals surface area contributed by atoms with E-state index < -0.39 is 0 Å². The van der Waals surface area contributed by atoms with E-state index in [4.69, 9.17) is 22.5 Å². The van der Waals surface area contributed by atoms with Gasteiger partial charge in [0.2, 0.25) is 0 Å². The largest absolute Gasteiger partial charge is 0.409 e. The maximum Gasteiger partial charge on any atom is 0.173 e. The minimum Gasteiger partial charge on any atom is -0.409 e. The van der Waals surface area contributed by atoms with Crippen LogP contribution < -0.4 is 10.6 Å². The molecule has 1 saturated carbocycles. The SMILES string of the molecule is CCN(c1cccc(Cl)c1C(N)=NO)C1CCCCC1. The van der Waals surface area contributed by atoms with Crippen LogP contribution in [0.1, 0.15) is 44.6 Å². The topological polar surface area (TPSA) is 61.8 Å². The van der Waals surface area contributed by atoms with Crippen molar-refractivity contribution in [2.45, 2.75) is 45.1 Å². The fraction of sp³-hybridized carbons (Fsp3) is 0.533. The molecule has 1 aromatic carbocycles. The van der Waals surface area contributed by atoms with Gasteiger partial charge in [0.05, 0.1) is 10.6 Å². The van der Waals surface area contributed by atoms with E-state index in [0.29, 0.717) is 16.6 Å². The first-order chi connectivity index (χ1) is 9.69. The summed E-state index contributed by atoms with van der Waals surface area (Å²) in [6.07, 6.45) is 6.23. The minimum absolute atomic E-state index is 0.0693. The van der Waals surface area contributed by atoms with Crippen LogP contribution in [0.15, 0.2) is 23.4 Å². The summed E-state index contributed by atoms with van der Waals surface area (Å²) in [4.78, 5) is 2.33. The number of hydrogen-bond acceptors (Lipinski definition) is 3. The fourth-order valence-electron chi connectivity index (χ4n) is 3.07. The highest BCUT2D eigenvalue weighted by Gasteiger charge is 2.24. The van der Waals surface area contributed by atoms with Gasteiger partial charge in [0.1, 0.15) is 0 Å². The van der Waals surface area contributed by atoms with Crippen LogP contribution in [0, 0.1) is 0 Å². The molecule has 5 heteroatoms. The molecule has 0 saturated heterocycles. The van der Waals surface area contributed by atoms with Crippen molar-refractivity contribution in [3.8, 4) is 0 Å². The Morgan fingerprint density at radius 1 is 1.40 bits per heavy atom. The molecule has 0 atom stereocenters. The molecular formula is C15H22ClN3O. The number of hydrogen-bond donors (Lipinski definition) is 2. The van der Waals surface area contributed by atoms with Crippen molar-refractivity contribution in [3.05, 3.63) is 28.8 Å². The number of oxime groups is 1. The molecule has 110 valence electrons. The first-order valence-corrected chi connectivity index (χ1v) is 7.59. The van der Waals surface area contributed by atoms with Gasteiger partial charge < -0.3 is 15.8 Å². The lowest BCUT2D eigenvalue weighted by Crippen LogP contribution is -2.38. The summed E-state index contributed by atoms with van der Waals surface area (Å²) in [7, 11) is 0. The highest BCUT2D eigenvalue weighted by molar-refractivity contribution is 6.34. The average molecular weight is 296 g/mol. The van der Waals surface area contributed by atoms with E-state index in [1.807, 2.05) is 12.1 Å². The number of benzene rings is 1. The molecule has 0 radical (unpaired) electrons. The van der Waals surface area contributed by atoms with Gasteiger partial charge in [-0.15, -0.1) is 0 Å². The molecule has 0 aromatic heterocycles. The third kappa shape index (κ3) is 3.01. The van der Waals surface area contributed by atoms with Crippen molar-refractivity contribution >= 4 is 23.1 Å². The molecule has 1 aromatic rings. The number of halogens is 1. The quantitative estimate of drug-likeness (QED) is 0.386. The van der Waals surface area contributed by atoms with E-state index in [9.17, 15) is 0 Å². The summed E-state index contributed by atoms with van der Waals surface area (Å²) in [5.41, 5.74) is 7.40. The Balaban J connectivity index is 2.41. The molecule has 0 unspecified atom stereocenters. The maximum absolute atomic E-state index is 8.99. The molecule has 0 aliphatic heterocycles. The van der Waals surface area contributed by atoms with E-state index in [2.05, 4.69) is 17.0 Å². The molecule has 1 aliphatic rings. The van der Waals surface area contributed by atoms with Crippen LogP contribution in [0.5, 0.6) is 0 Å². The Labute approximate surface area is 125 Å². The molecule has 1 aliphatic carbocycles. The van der Waals surface area contributed by atoms with Gasteiger partial charge in [-0.3, -0.25) is 0 Å². The molecule has 0 heterocycles. The fourth-order valence-corrected chi connectivity index (χ4v) is 3.34. The van der Waals surface area contributed by atoms with E-state index in [-0.39, 0.29) is 5.84 Å². The van der Waals surface area contributed by atoms with Gasteiger partial charge in [-0.1, -0.05) is 42.1 Å². The van der Waals surface area contributed by atoms with Crippen molar-refractivity contribution in [1.29, 1.82) is 0 Å². The lowest BCUT2D eigenvalue weighted by Gasteiger charge is -2.36. The third-order valence-electron chi connectivity index (χ3n) is 4.02. The van der Waals surface area contributed by atoms with Gasteiger partial charge in [0.15, 0.2) is 5.84 Å². The molecule has 3 N–H and O–H groups in total. The molecule has 0 amide bonds. The lowest BCUT2D eigenvalue weighted by molar-refractivity contribution is 0.318. The summed E-state index contributed by atoms with van der Waals surface area (Å²) in [5.74, 6) is 0.0693. The van der Waals surface area contributed by atoms with E-state index in [1.54, 1.807) is 6.07 Å². The average Bonchev–Trinajstić information content (AvgIpc) is 2.48. The number of amidine groups is 1. The Bertz CT molecular complexity index is 484. The Morgan fingerprint density at radius 2 is 2.10 bits per heavy atom. The van der Waals surface area contributed by atoms with Crippen molar-refractivity contribution in [3.63, 3.8) is 0 Å². The predicted octanol–water partition coefficient (Wildman–Crippen LogP) is 3.59. The van der Waals surface area contributed by atoms with Gasteiger partial charge >= 0.3 is 0 Å². The second-order valence-corrected chi connectivity index (χ2v) is 5.60. The van der Waals surface area contributed by atoms with Crippen LogP contribution in [-0.4, -0.2) is 23.6 Å². The Morgan fingerprint density at radius 3 is 2.70 bits per heavy atom. The van der Waals surface area contributed by atoms with Crippen LogP contribution >= 0.6 is 11.6 Å². The predicted molar refractivity (Wildman–Crippen MR) is 83.9 cm³/mol. The summed E-state index contributed by atoms with van der Waals surface area (Å²) in [6, 6.07) is 6.19. The minimum atomic E-state index is 0.0693. The van der Waals surface area contributed by atoms with Crippen LogP contribution in [0.2, 0.25) is 5.02 Å². The highest BCUT2D eigenvalue weighted by Crippen LogP contribution is 2.32. The lowest BCUT2D eigenvalue weighted by atomic mass is 9.93. The summed E-state index contributed by atoms with van der Waals surface area (Å²) >= 11 is 6.24. The van der Waals surface area contributed by atoms with Crippen molar-refractivity contribution in [2.24, 2.45) is 10.9 Å². The standard InChI is InChI=1S/C15H22ClN3O/c1-2-19(11-7-4-3-5-8-11)13-10-6-9-12(16)14(13)15(17)18-20/h6,9-11,20H,2-5,7-8H2,1H3,(H2,17,18). The molecule has 4 nitrogen and oxygen atoms in total. The van der Waals surface area contributed by atoms with Gasteiger partial charge in [-0.25, -0.2) is 0 Å². The molecule has 20 heavy (non-hydrogen) atoms. The van der Waals surface area contributed by atoms with Crippen molar-refractivity contribution in [1.82, 2.24) is 0 Å². The Kier molecular flexibility index (Phi) is 5.12. The first-order valence-electron chi connectivity index (χ1n) is 7.22. The van der Waals surface area contributed by atoms with Gasteiger partial charge in [-0.05, 0) is 31.9 Å². The van der Waals surface area contributed by atoms with Crippen LogP contribution in [0.3, 0.4) is 0 Å². The smallest absolute Gasteiger partial charge is 0.173 e. The summed E-state index contributed by atoms with van der Waals surface area (Å²) in [6.45, 7) is 3.02. The molecule has 0 spiro atoms. The number of nitrogens with zero attached hydrogens (tertiary/aromatic N) is 2. The maximum atomic E-state index is 8.99. The number of nitrogens with two attached hydrogens (primary N) is 1. The number of rotatable bonds is 4. The zero-order chi connectivity index (χ0) is 14.5. The van der Waals surface area contributed by atoms with Gasteiger partial charge in [-0.2, -0.15) is 0 Å². The second-order valence-electron chi connectivity index (χ2n) is 5.20. The van der Waals surface area contributed by atoms with Gasteiger partial charge in [0.25, 0.3) is 0 Å². The van der Waals surface area contributed by atoms with E-state index in [1.165, 1.54) is 32.1 Å². The monoisotopic (exact) mass is 295 g/mol. The highest BCUT2D eigenvalue weighted by atomic mass is 35.5. The van der Waals surface area contributed by atoms with Crippen LogP contribution in [0.25, 0.3) is 0 Å². The van der Waals surface area contributed by atoms with E-state index >= 15 is 0 Å². The molecule has 1 fully saturated rings. The zero-order valence-corrected chi connectivity index (χ0v) is 12.6. The molecule has 0 bridgehead atoms. The van der Waals surface area contributed by atoms with Gasteiger partial charge in [0, 0.05) is 18.3 Å².